The number of likely N-dealkylation sites (tertiary alicyclic amines) is 1. The van der Waals surface area contributed by atoms with Crippen molar-refractivity contribution in [3.63, 3.8) is 0 Å². The van der Waals surface area contributed by atoms with E-state index in [-0.39, 0.29) is 19.6 Å². The zero-order valence-electron chi connectivity index (χ0n) is 12.1. The maximum Gasteiger partial charge on any atom is 0.411 e. The second-order valence-corrected chi connectivity index (χ2v) is 5.27. The normalized spacial score (nSPS) is 24.7. The number of methoxy groups -OCH3 is 1. The smallest absolute Gasteiger partial charge is 0.411 e. The SMILES string of the molecule is COC(=O)[C@@]1(C)C[C@@H](O)CN1C(=O)OCc1ccccc1. The molecule has 0 aromatic heterocycles. The fourth-order valence-electron chi connectivity index (χ4n) is 2.53. The number of esters is 1. The van der Waals surface area contributed by atoms with E-state index in [4.69, 9.17) is 9.47 Å². The van der Waals surface area contributed by atoms with Crippen LogP contribution in [0.1, 0.15) is 18.9 Å². The molecule has 0 aliphatic carbocycles. The molecule has 6 nitrogen and oxygen atoms in total. The van der Waals surface area contributed by atoms with Gasteiger partial charge < -0.3 is 14.6 Å². The van der Waals surface area contributed by atoms with Gasteiger partial charge in [0.05, 0.1) is 19.8 Å². The van der Waals surface area contributed by atoms with Crippen LogP contribution in [-0.2, 0) is 20.9 Å². The summed E-state index contributed by atoms with van der Waals surface area (Å²) in [5, 5.41) is 9.76. The van der Waals surface area contributed by atoms with Crippen LogP contribution in [0, 0.1) is 0 Å². The molecular weight excluding hydrogens is 274 g/mol. The van der Waals surface area contributed by atoms with Gasteiger partial charge in [0, 0.05) is 6.42 Å². The second kappa shape index (κ2) is 6.13. The summed E-state index contributed by atoms with van der Waals surface area (Å²) in [7, 11) is 1.26. The Kier molecular flexibility index (Phi) is 4.47. The molecule has 1 amide bonds. The van der Waals surface area contributed by atoms with Gasteiger partial charge in [0.2, 0.25) is 0 Å². The van der Waals surface area contributed by atoms with Crippen molar-refractivity contribution in [2.75, 3.05) is 13.7 Å². The molecule has 1 aromatic carbocycles. The minimum absolute atomic E-state index is 0.0548. The molecule has 0 spiro atoms. The molecule has 1 N–H and O–H groups in total. The van der Waals surface area contributed by atoms with E-state index in [1.165, 1.54) is 12.0 Å². The zero-order valence-corrected chi connectivity index (χ0v) is 12.1. The van der Waals surface area contributed by atoms with E-state index in [9.17, 15) is 14.7 Å². The summed E-state index contributed by atoms with van der Waals surface area (Å²) in [5.41, 5.74) is -0.340. The quantitative estimate of drug-likeness (QED) is 0.851. The van der Waals surface area contributed by atoms with Crippen molar-refractivity contribution in [1.29, 1.82) is 0 Å². The van der Waals surface area contributed by atoms with Crippen molar-refractivity contribution in [1.82, 2.24) is 4.90 Å². The van der Waals surface area contributed by atoms with E-state index in [2.05, 4.69) is 0 Å². The molecule has 0 radical (unpaired) electrons. The van der Waals surface area contributed by atoms with E-state index >= 15 is 0 Å². The summed E-state index contributed by atoms with van der Waals surface area (Å²) in [6.45, 7) is 1.74. The Labute approximate surface area is 123 Å². The number of rotatable bonds is 3. The summed E-state index contributed by atoms with van der Waals surface area (Å²) < 4.78 is 9.95. The number of aliphatic hydroxyl groups excluding tert-OH is 1. The van der Waals surface area contributed by atoms with Gasteiger partial charge in [0.1, 0.15) is 12.1 Å². The predicted molar refractivity (Wildman–Crippen MR) is 74.4 cm³/mol. The molecule has 0 bridgehead atoms. The maximum atomic E-state index is 12.2. The number of amides is 1. The Morgan fingerprint density at radius 1 is 1.38 bits per heavy atom. The summed E-state index contributed by atoms with van der Waals surface area (Å²) in [5.74, 6) is -0.560. The lowest BCUT2D eigenvalue weighted by molar-refractivity contribution is -0.151. The molecule has 0 saturated carbocycles. The lowest BCUT2D eigenvalue weighted by atomic mass is 9.99. The van der Waals surface area contributed by atoms with E-state index in [0.717, 1.165) is 5.56 Å². The van der Waals surface area contributed by atoms with Crippen molar-refractivity contribution in [2.24, 2.45) is 0 Å². The molecule has 1 fully saturated rings. The second-order valence-electron chi connectivity index (χ2n) is 5.27. The van der Waals surface area contributed by atoms with Crippen LogP contribution in [0.4, 0.5) is 4.79 Å². The molecule has 2 atom stereocenters. The van der Waals surface area contributed by atoms with Crippen LogP contribution in [-0.4, -0.2) is 47.4 Å². The Morgan fingerprint density at radius 3 is 2.67 bits per heavy atom. The lowest BCUT2D eigenvalue weighted by Crippen LogP contribution is -2.51. The Bertz CT molecular complexity index is 518. The molecule has 114 valence electrons. The van der Waals surface area contributed by atoms with Gasteiger partial charge in [0.25, 0.3) is 0 Å². The highest BCUT2D eigenvalue weighted by Crippen LogP contribution is 2.31. The lowest BCUT2D eigenvalue weighted by Gasteiger charge is -2.31. The fourth-order valence-corrected chi connectivity index (χ4v) is 2.53. The third kappa shape index (κ3) is 3.16. The van der Waals surface area contributed by atoms with Crippen LogP contribution in [0.3, 0.4) is 0 Å². The van der Waals surface area contributed by atoms with E-state index < -0.39 is 23.7 Å². The van der Waals surface area contributed by atoms with Crippen LogP contribution in [0.15, 0.2) is 30.3 Å². The van der Waals surface area contributed by atoms with Crippen LogP contribution in [0.5, 0.6) is 0 Å². The number of carbonyl (C=O) groups is 2. The van der Waals surface area contributed by atoms with Gasteiger partial charge in [-0.05, 0) is 12.5 Å². The zero-order chi connectivity index (χ0) is 15.5. The number of β-amino-alcohol motifs (C(OH)–C–C–N with tert-alkyl or cyclic N) is 1. The van der Waals surface area contributed by atoms with Crippen molar-refractivity contribution in [2.45, 2.75) is 31.6 Å². The number of benzene rings is 1. The van der Waals surface area contributed by atoms with E-state index in [0.29, 0.717) is 0 Å². The number of hydrogen-bond donors (Lipinski definition) is 1. The minimum Gasteiger partial charge on any atom is -0.467 e. The van der Waals surface area contributed by atoms with Gasteiger partial charge in [-0.25, -0.2) is 9.59 Å². The molecule has 1 aliphatic heterocycles. The fraction of sp³-hybridized carbons (Fsp3) is 0.467. The van der Waals surface area contributed by atoms with E-state index in [1.54, 1.807) is 6.92 Å². The first-order valence-corrected chi connectivity index (χ1v) is 6.72. The number of nitrogens with zero attached hydrogens (tertiary/aromatic N) is 1. The van der Waals surface area contributed by atoms with E-state index in [1.807, 2.05) is 30.3 Å². The van der Waals surface area contributed by atoms with Crippen LogP contribution in [0.2, 0.25) is 0 Å². The Hall–Kier alpha value is -2.08. The molecule has 1 aromatic rings. The summed E-state index contributed by atoms with van der Waals surface area (Å²) in [6, 6.07) is 9.25. The van der Waals surface area contributed by atoms with Gasteiger partial charge in [-0.2, -0.15) is 0 Å². The monoisotopic (exact) mass is 293 g/mol. The Morgan fingerprint density at radius 2 is 2.05 bits per heavy atom. The molecule has 6 heteroatoms. The van der Waals surface area contributed by atoms with Gasteiger partial charge in [-0.15, -0.1) is 0 Å². The number of hydrogen-bond acceptors (Lipinski definition) is 5. The van der Waals surface area contributed by atoms with Crippen LogP contribution >= 0.6 is 0 Å². The predicted octanol–water partition coefficient (Wildman–Crippen LogP) is 1.32. The first-order chi connectivity index (χ1) is 9.97. The highest BCUT2D eigenvalue weighted by Gasteiger charge is 2.51. The highest BCUT2D eigenvalue weighted by molar-refractivity contribution is 5.86. The summed E-state index contributed by atoms with van der Waals surface area (Å²) in [6.07, 6.45) is -1.26. The maximum absolute atomic E-state index is 12.2. The number of ether oxygens (including phenoxy) is 2. The Balaban J connectivity index is 2.05. The van der Waals surface area contributed by atoms with Crippen LogP contribution < -0.4 is 0 Å². The number of aliphatic hydroxyl groups is 1. The van der Waals surface area contributed by atoms with Crippen molar-refractivity contribution in [3.05, 3.63) is 35.9 Å². The van der Waals surface area contributed by atoms with Gasteiger partial charge in [-0.3, -0.25) is 4.90 Å². The summed E-state index contributed by atoms with van der Waals surface area (Å²) >= 11 is 0. The molecule has 0 unspecified atom stereocenters. The third-order valence-electron chi connectivity index (χ3n) is 3.67. The third-order valence-corrected chi connectivity index (χ3v) is 3.67. The minimum atomic E-state index is -1.19. The molecule has 1 saturated heterocycles. The van der Waals surface area contributed by atoms with Gasteiger partial charge in [-0.1, -0.05) is 30.3 Å². The average molecular weight is 293 g/mol. The average Bonchev–Trinajstić information content (AvgIpc) is 2.81. The molecule has 21 heavy (non-hydrogen) atoms. The van der Waals surface area contributed by atoms with Gasteiger partial charge >= 0.3 is 12.1 Å². The molecule has 1 heterocycles. The van der Waals surface area contributed by atoms with Crippen LogP contribution in [0.25, 0.3) is 0 Å². The largest absolute Gasteiger partial charge is 0.467 e. The van der Waals surface area contributed by atoms with Gasteiger partial charge in [0.15, 0.2) is 0 Å². The summed E-state index contributed by atoms with van der Waals surface area (Å²) in [4.78, 5) is 25.3. The topological polar surface area (TPSA) is 76.1 Å². The first-order valence-electron chi connectivity index (χ1n) is 6.72. The molecule has 1 aliphatic rings. The van der Waals surface area contributed by atoms with Crippen molar-refractivity contribution in [3.8, 4) is 0 Å². The standard InChI is InChI=1S/C15H19NO5/c1-15(13(18)20-2)8-12(17)9-16(15)14(19)21-10-11-6-4-3-5-7-11/h3-7,12,17H,8-10H2,1-2H3/t12-,15-/m1/s1. The number of carbonyl (C=O) groups excluding carboxylic acids is 2. The van der Waals surface area contributed by atoms with Crippen molar-refractivity contribution < 1.29 is 24.2 Å². The first kappa shape index (κ1) is 15.3. The highest BCUT2D eigenvalue weighted by atomic mass is 16.6. The molecule has 2 rings (SSSR count). The van der Waals surface area contributed by atoms with Crippen molar-refractivity contribution >= 4 is 12.1 Å². The molecular formula is C15H19NO5.